The van der Waals surface area contributed by atoms with Gasteiger partial charge >= 0.3 is 11.9 Å². The lowest BCUT2D eigenvalue weighted by Crippen LogP contribution is -2.41. The van der Waals surface area contributed by atoms with E-state index in [9.17, 15) is 9.59 Å². The molecule has 196 valence electrons. The molecule has 1 aliphatic heterocycles. The number of nitrogens with zero attached hydrogens (tertiary/aromatic N) is 2. The average Bonchev–Trinajstić information content (AvgIpc) is 3.11. The SMILES string of the molecule is COC(=O)c1ccc(COC(=O)CC2N=C(c3ccc(Cl)cc3)c3c(sc(C)c3C)N(C(C)=N)C2=N)cc1. The van der Waals surface area contributed by atoms with Gasteiger partial charge in [-0.3, -0.25) is 25.5 Å². The highest BCUT2D eigenvalue weighted by atomic mass is 35.5. The number of carbonyl (C=O) groups excluding carboxylic acids is 2. The van der Waals surface area contributed by atoms with Crippen LogP contribution in [0, 0.1) is 24.7 Å². The molecular weight excluding hydrogens is 524 g/mol. The molecule has 3 aromatic rings. The molecule has 10 heteroatoms. The topological polar surface area (TPSA) is 116 Å². The summed E-state index contributed by atoms with van der Waals surface area (Å²) < 4.78 is 10.2. The number of esters is 2. The quantitative estimate of drug-likeness (QED) is 0.224. The van der Waals surface area contributed by atoms with E-state index in [0.717, 1.165) is 26.6 Å². The number of hydrogen-bond acceptors (Lipinski definition) is 8. The Labute approximate surface area is 229 Å². The molecule has 1 aromatic heterocycles. The number of fused-ring (bicyclic) bond motifs is 1. The Morgan fingerprint density at radius 2 is 1.76 bits per heavy atom. The van der Waals surface area contributed by atoms with Crippen molar-refractivity contribution in [2.45, 2.75) is 39.8 Å². The molecule has 38 heavy (non-hydrogen) atoms. The summed E-state index contributed by atoms with van der Waals surface area (Å²) in [6.07, 6.45) is -0.174. The molecule has 2 N–H and O–H groups in total. The van der Waals surface area contributed by atoms with Gasteiger partial charge in [-0.05, 0) is 56.2 Å². The number of ether oxygens (including phenoxy) is 2. The van der Waals surface area contributed by atoms with Crippen LogP contribution in [0.15, 0.2) is 53.5 Å². The van der Waals surface area contributed by atoms with Crippen LogP contribution in [-0.4, -0.2) is 42.5 Å². The molecule has 0 fully saturated rings. The fraction of sp³-hybridized carbons (Fsp3) is 0.250. The number of carbonyl (C=O) groups is 2. The van der Waals surface area contributed by atoms with Gasteiger partial charge in [0.2, 0.25) is 0 Å². The second-order valence-electron chi connectivity index (χ2n) is 8.82. The maximum absolute atomic E-state index is 12.9. The van der Waals surface area contributed by atoms with Gasteiger partial charge in [0.1, 0.15) is 29.3 Å². The monoisotopic (exact) mass is 550 g/mol. The zero-order chi connectivity index (χ0) is 27.6. The zero-order valence-corrected chi connectivity index (χ0v) is 23.0. The van der Waals surface area contributed by atoms with Crippen molar-refractivity contribution in [2.24, 2.45) is 4.99 Å². The molecule has 8 nitrogen and oxygen atoms in total. The summed E-state index contributed by atoms with van der Waals surface area (Å²) in [5, 5.41) is 18.7. The largest absolute Gasteiger partial charge is 0.465 e. The molecule has 2 aromatic carbocycles. The minimum atomic E-state index is -0.866. The molecule has 2 heterocycles. The molecule has 1 aliphatic rings. The molecular formula is C28H27ClN4O4S. The third-order valence-electron chi connectivity index (χ3n) is 6.24. The van der Waals surface area contributed by atoms with E-state index >= 15 is 0 Å². The lowest BCUT2D eigenvalue weighted by Gasteiger charge is -2.24. The Bertz CT molecular complexity index is 1440. The Morgan fingerprint density at radius 1 is 1.11 bits per heavy atom. The Balaban J connectivity index is 1.64. The number of halogens is 1. The number of methoxy groups -OCH3 is 1. The van der Waals surface area contributed by atoms with E-state index in [-0.39, 0.29) is 24.7 Å². The molecule has 0 amide bonds. The number of aryl methyl sites for hydroxylation is 1. The Hall–Kier alpha value is -3.82. The molecule has 0 saturated heterocycles. The predicted octanol–water partition coefficient (Wildman–Crippen LogP) is 5.94. The van der Waals surface area contributed by atoms with Gasteiger partial charge in [-0.25, -0.2) is 4.79 Å². The highest BCUT2D eigenvalue weighted by Crippen LogP contribution is 2.40. The Kier molecular flexibility index (Phi) is 8.08. The van der Waals surface area contributed by atoms with Gasteiger partial charge in [0.05, 0.1) is 24.8 Å². The first-order valence-corrected chi connectivity index (χ1v) is 13.0. The van der Waals surface area contributed by atoms with E-state index in [1.807, 2.05) is 26.0 Å². The first-order chi connectivity index (χ1) is 18.1. The third-order valence-corrected chi connectivity index (χ3v) is 7.68. The van der Waals surface area contributed by atoms with Crippen LogP contribution in [-0.2, 0) is 20.9 Å². The molecule has 1 unspecified atom stereocenters. The second-order valence-corrected chi connectivity index (χ2v) is 10.5. The molecule has 0 bridgehead atoms. The number of aliphatic imine (C=N–C) groups is 1. The zero-order valence-electron chi connectivity index (χ0n) is 21.4. The minimum absolute atomic E-state index is 0.00699. The van der Waals surface area contributed by atoms with Crippen molar-refractivity contribution in [3.05, 3.63) is 86.2 Å². The van der Waals surface area contributed by atoms with Crippen molar-refractivity contribution in [2.75, 3.05) is 12.0 Å². The van der Waals surface area contributed by atoms with Crippen LogP contribution >= 0.6 is 22.9 Å². The van der Waals surface area contributed by atoms with Crippen LogP contribution in [0.1, 0.15) is 50.8 Å². The number of hydrogen-bond donors (Lipinski definition) is 2. The van der Waals surface area contributed by atoms with Crippen LogP contribution in [0.3, 0.4) is 0 Å². The Morgan fingerprint density at radius 3 is 2.37 bits per heavy atom. The molecule has 0 saturated carbocycles. The van der Waals surface area contributed by atoms with Gasteiger partial charge in [-0.15, -0.1) is 11.3 Å². The van der Waals surface area contributed by atoms with Crippen LogP contribution < -0.4 is 4.90 Å². The maximum Gasteiger partial charge on any atom is 0.337 e. The lowest BCUT2D eigenvalue weighted by atomic mass is 9.99. The lowest BCUT2D eigenvalue weighted by molar-refractivity contribution is -0.145. The predicted molar refractivity (Wildman–Crippen MR) is 150 cm³/mol. The van der Waals surface area contributed by atoms with Gasteiger partial charge in [-0.2, -0.15) is 0 Å². The fourth-order valence-electron chi connectivity index (χ4n) is 4.12. The van der Waals surface area contributed by atoms with E-state index in [1.165, 1.54) is 18.4 Å². The van der Waals surface area contributed by atoms with E-state index in [1.54, 1.807) is 48.2 Å². The maximum atomic E-state index is 12.9. The molecule has 1 atom stereocenters. The van der Waals surface area contributed by atoms with Crippen molar-refractivity contribution in [1.82, 2.24) is 0 Å². The highest BCUT2D eigenvalue weighted by molar-refractivity contribution is 7.17. The molecule has 0 aliphatic carbocycles. The standard InChI is InChI=1S/C28H27ClN4O4S/c1-15-16(2)38-27-24(15)25(19-9-11-21(29)12-10-19)32-22(26(31)33(27)17(3)30)13-23(34)37-14-18-5-7-20(8-6-18)28(35)36-4/h5-12,22,30-31H,13-14H2,1-4H3. The first-order valence-electron chi connectivity index (χ1n) is 11.8. The van der Waals surface area contributed by atoms with Crippen LogP contribution in [0.25, 0.3) is 0 Å². The second kappa shape index (κ2) is 11.3. The third kappa shape index (κ3) is 5.54. The summed E-state index contributed by atoms with van der Waals surface area (Å²) in [5.74, 6) is -0.783. The van der Waals surface area contributed by atoms with Crippen molar-refractivity contribution in [3.8, 4) is 0 Å². The summed E-state index contributed by atoms with van der Waals surface area (Å²) in [5.41, 5.74) is 4.40. The summed E-state index contributed by atoms with van der Waals surface area (Å²) >= 11 is 7.62. The normalized spacial score (nSPS) is 14.9. The summed E-state index contributed by atoms with van der Waals surface area (Å²) in [4.78, 5) is 32.1. The van der Waals surface area contributed by atoms with Crippen LogP contribution in [0.5, 0.6) is 0 Å². The van der Waals surface area contributed by atoms with Crippen molar-refractivity contribution >= 4 is 57.3 Å². The van der Waals surface area contributed by atoms with Crippen molar-refractivity contribution in [1.29, 1.82) is 10.8 Å². The number of thiophene rings is 1. The van der Waals surface area contributed by atoms with Crippen LogP contribution in [0.4, 0.5) is 5.00 Å². The average molecular weight is 551 g/mol. The molecule has 0 radical (unpaired) electrons. The number of benzene rings is 2. The van der Waals surface area contributed by atoms with Crippen LogP contribution in [0.2, 0.25) is 5.02 Å². The van der Waals surface area contributed by atoms with Gasteiger partial charge in [0, 0.05) is 21.0 Å². The minimum Gasteiger partial charge on any atom is -0.465 e. The number of anilines is 1. The number of nitrogens with one attached hydrogen (secondary N) is 2. The van der Waals surface area contributed by atoms with Gasteiger partial charge < -0.3 is 9.47 Å². The van der Waals surface area contributed by atoms with E-state index in [0.29, 0.717) is 21.9 Å². The summed E-state index contributed by atoms with van der Waals surface area (Å²) in [7, 11) is 1.31. The first kappa shape index (κ1) is 27.2. The van der Waals surface area contributed by atoms with Crippen molar-refractivity contribution < 1.29 is 19.1 Å². The van der Waals surface area contributed by atoms with E-state index < -0.39 is 18.0 Å². The number of amidine groups is 2. The van der Waals surface area contributed by atoms with Gasteiger partial charge in [0.25, 0.3) is 0 Å². The van der Waals surface area contributed by atoms with Gasteiger partial charge in [-0.1, -0.05) is 35.9 Å². The summed E-state index contributed by atoms with van der Waals surface area (Å²) in [6, 6.07) is 13.0. The van der Waals surface area contributed by atoms with Crippen molar-refractivity contribution in [3.63, 3.8) is 0 Å². The number of rotatable bonds is 6. The fourth-order valence-corrected chi connectivity index (χ4v) is 5.47. The van der Waals surface area contributed by atoms with E-state index in [4.69, 9.17) is 36.9 Å². The summed E-state index contributed by atoms with van der Waals surface area (Å²) in [6.45, 7) is 5.62. The van der Waals surface area contributed by atoms with Gasteiger partial charge in [0.15, 0.2) is 0 Å². The smallest absolute Gasteiger partial charge is 0.337 e. The van der Waals surface area contributed by atoms with E-state index in [2.05, 4.69) is 0 Å². The molecule has 4 rings (SSSR count). The highest BCUT2D eigenvalue weighted by Gasteiger charge is 2.35. The molecule has 0 spiro atoms.